The molecule has 1 heterocycles. The molecule has 17 heavy (non-hydrogen) atoms. The van der Waals surface area contributed by atoms with Gasteiger partial charge in [0.15, 0.2) is 5.79 Å². The van der Waals surface area contributed by atoms with Gasteiger partial charge in [-0.2, -0.15) is 0 Å². The van der Waals surface area contributed by atoms with E-state index in [1.54, 1.807) is 0 Å². The quantitative estimate of drug-likeness (QED) is 0.560. The molecule has 1 saturated carbocycles. The molecule has 0 aromatic heterocycles. The molecule has 1 atom stereocenters. The molecule has 4 nitrogen and oxygen atoms in total. The first-order chi connectivity index (χ1) is 8.23. The summed E-state index contributed by atoms with van der Waals surface area (Å²) >= 11 is 0. The number of rotatable bonds is 4. The van der Waals surface area contributed by atoms with E-state index < -0.39 is 0 Å². The molecule has 1 spiro atoms. The minimum absolute atomic E-state index is 0.197. The summed E-state index contributed by atoms with van der Waals surface area (Å²) in [6, 6.07) is 0. The van der Waals surface area contributed by atoms with E-state index >= 15 is 0 Å². The summed E-state index contributed by atoms with van der Waals surface area (Å²) in [6.07, 6.45) is 6.56. The monoisotopic (exact) mass is 242 g/mol. The molecule has 0 amide bonds. The SMILES string of the molecule is CC(=O)OCCCC1CCCCC12OCCO2. The van der Waals surface area contributed by atoms with Crippen molar-refractivity contribution in [2.45, 2.75) is 51.2 Å². The van der Waals surface area contributed by atoms with E-state index in [0.29, 0.717) is 12.5 Å². The molecule has 98 valence electrons. The van der Waals surface area contributed by atoms with Gasteiger partial charge in [-0.05, 0) is 25.7 Å². The van der Waals surface area contributed by atoms with Crippen molar-refractivity contribution in [3.63, 3.8) is 0 Å². The number of hydrogen-bond acceptors (Lipinski definition) is 4. The van der Waals surface area contributed by atoms with Crippen molar-refractivity contribution >= 4 is 5.97 Å². The fraction of sp³-hybridized carbons (Fsp3) is 0.923. The van der Waals surface area contributed by atoms with Crippen LogP contribution in [0.2, 0.25) is 0 Å². The van der Waals surface area contributed by atoms with E-state index in [1.165, 1.54) is 26.2 Å². The first-order valence-corrected chi connectivity index (χ1v) is 6.64. The Bertz CT molecular complexity index is 258. The van der Waals surface area contributed by atoms with Crippen LogP contribution in [0.4, 0.5) is 0 Å². The fourth-order valence-corrected chi connectivity index (χ4v) is 2.95. The van der Waals surface area contributed by atoms with Crippen LogP contribution in [-0.4, -0.2) is 31.6 Å². The Labute approximate surface area is 103 Å². The largest absolute Gasteiger partial charge is 0.466 e. The van der Waals surface area contributed by atoms with Crippen molar-refractivity contribution in [1.29, 1.82) is 0 Å². The van der Waals surface area contributed by atoms with Gasteiger partial charge in [-0.3, -0.25) is 4.79 Å². The molecule has 1 aliphatic carbocycles. The van der Waals surface area contributed by atoms with E-state index in [-0.39, 0.29) is 11.8 Å². The lowest BCUT2D eigenvalue weighted by Crippen LogP contribution is -2.41. The van der Waals surface area contributed by atoms with Crippen LogP contribution >= 0.6 is 0 Å². The van der Waals surface area contributed by atoms with Crippen LogP contribution < -0.4 is 0 Å². The third-order valence-electron chi connectivity index (χ3n) is 3.73. The molecular formula is C13H22O4. The molecule has 2 rings (SSSR count). The smallest absolute Gasteiger partial charge is 0.302 e. The lowest BCUT2D eigenvalue weighted by atomic mass is 9.80. The van der Waals surface area contributed by atoms with Gasteiger partial charge in [-0.25, -0.2) is 0 Å². The molecular weight excluding hydrogens is 220 g/mol. The number of ether oxygens (including phenoxy) is 3. The summed E-state index contributed by atoms with van der Waals surface area (Å²) < 4.78 is 16.6. The molecule has 2 aliphatic rings. The maximum Gasteiger partial charge on any atom is 0.302 e. The molecule has 0 N–H and O–H groups in total. The average molecular weight is 242 g/mol. The maximum atomic E-state index is 10.7. The zero-order chi connectivity index (χ0) is 12.1. The van der Waals surface area contributed by atoms with Gasteiger partial charge in [0.25, 0.3) is 0 Å². The highest BCUT2D eigenvalue weighted by Gasteiger charge is 2.45. The summed E-state index contributed by atoms with van der Waals surface area (Å²) in [5.41, 5.74) is 0. The second-order valence-electron chi connectivity index (χ2n) is 4.93. The van der Waals surface area contributed by atoms with Gasteiger partial charge < -0.3 is 14.2 Å². The van der Waals surface area contributed by atoms with E-state index in [4.69, 9.17) is 14.2 Å². The standard InChI is InChI=1S/C13H22O4/c1-11(14)15-8-4-6-12-5-2-3-7-13(12)16-9-10-17-13/h12H,2-10H2,1H3. The Hall–Kier alpha value is -0.610. The first kappa shape index (κ1) is 12.8. The van der Waals surface area contributed by atoms with E-state index in [0.717, 1.165) is 32.5 Å². The summed E-state index contributed by atoms with van der Waals surface area (Å²) in [5, 5.41) is 0. The predicted molar refractivity (Wildman–Crippen MR) is 62.5 cm³/mol. The molecule has 0 aromatic carbocycles. The van der Waals surface area contributed by atoms with E-state index in [1.807, 2.05) is 0 Å². The Morgan fingerprint density at radius 1 is 1.35 bits per heavy atom. The fourth-order valence-electron chi connectivity index (χ4n) is 2.95. The number of carbonyl (C=O) groups excluding carboxylic acids is 1. The van der Waals surface area contributed by atoms with Crippen molar-refractivity contribution in [2.75, 3.05) is 19.8 Å². The zero-order valence-electron chi connectivity index (χ0n) is 10.6. The second-order valence-corrected chi connectivity index (χ2v) is 4.93. The van der Waals surface area contributed by atoms with Gasteiger partial charge in [-0.1, -0.05) is 6.42 Å². The highest BCUT2D eigenvalue weighted by atomic mass is 16.7. The highest BCUT2D eigenvalue weighted by Crippen LogP contribution is 2.42. The number of esters is 1. The third kappa shape index (κ3) is 3.19. The van der Waals surface area contributed by atoms with Crippen LogP contribution in [0, 0.1) is 5.92 Å². The minimum Gasteiger partial charge on any atom is -0.466 e. The third-order valence-corrected chi connectivity index (χ3v) is 3.73. The topological polar surface area (TPSA) is 44.8 Å². The van der Waals surface area contributed by atoms with Gasteiger partial charge in [0.05, 0.1) is 19.8 Å². The van der Waals surface area contributed by atoms with Gasteiger partial charge in [0, 0.05) is 19.3 Å². The molecule has 0 radical (unpaired) electrons. The second kappa shape index (κ2) is 5.83. The van der Waals surface area contributed by atoms with Gasteiger partial charge in [0.1, 0.15) is 0 Å². The van der Waals surface area contributed by atoms with Crippen LogP contribution in [0.15, 0.2) is 0 Å². The summed E-state index contributed by atoms with van der Waals surface area (Å²) in [5.74, 6) is -0.0416. The van der Waals surface area contributed by atoms with Crippen LogP contribution in [0.25, 0.3) is 0 Å². The molecule has 1 unspecified atom stereocenters. The van der Waals surface area contributed by atoms with Crippen molar-refractivity contribution in [1.82, 2.24) is 0 Å². The van der Waals surface area contributed by atoms with Crippen molar-refractivity contribution < 1.29 is 19.0 Å². The van der Waals surface area contributed by atoms with Gasteiger partial charge in [0.2, 0.25) is 0 Å². The molecule has 1 aliphatic heterocycles. The predicted octanol–water partition coefficient (Wildman–Crippen LogP) is 2.26. The van der Waals surface area contributed by atoms with E-state index in [9.17, 15) is 4.79 Å². The average Bonchev–Trinajstić information content (AvgIpc) is 2.76. The first-order valence-electron chi connectivity index (χ1n) is 6.64. The number of hydrogen-bond donors (Lipinski definition) is 0. The van der Waals surface area contributed by atoms with Crippen LogP contribution in [0.5, 0.6) is 0 Å². The van der Waals surface area contributed by atoms with E-state index in [2.05, 4.69) is 0 Å². The molecule has 4 heteroatoms. The summed E-state index contributed by atoms with van der Waals surface area (Å²) in [4.78, 5) is 10.7. The molecule has 1 saturated heterocycles. The summed E-state index contributed by atoms with van der Waals surface area (Å²) in [6.45, 7) is 3.41. The Kier molecular flexibility index (Phi) is 4.40. The highest BCUT2D eigenvalue weighted by molar-refractivity contribution is 5.65. The number of carbonyl (C=O) groups is 1. The van der Waals surface area contributed by atoms with Crippen molar-refractivity contribution in [3.05, 3.63) is 0 Å². The Morgan fingerprint density at radius 3 is 2.82 bits per heavy atom. The van der Waals surface area contributed by atoms with Crippen LogP contribution in [0.1, 0.15) is 45.4 Å². The van der Waals surface area contributed by atoms with Crippen LogP contribution in [0.3, 0.4) is 0 Å². The Balaban J connectivity index is 1.78. The molecule has 0 bridgehead atoms. The Morgan fingerprint density at radius 2 is 2.12 bits per heavy atom. The lowest BCUT2D eigenvalue weighted by molar-refractivity contribution is -0.214. The summed E-state index contributed by atoms with van der Waals surface area (Å²) in [7, 11) is 0. The maximum absolute atomic E-state index is 10.7. The minimum atomic E-state index is -0.311. The lowest BCUT2D eigenvalue weighted by Gasteiger charge is -2.39. The van der Waals surface area contributed by atoms with Crippen molar-refractivity contribution in [2.24, 2.45) is 5.92 Å². The van der Waals surface area contributed by atoms with Crippen molar-refractivity contribution in [3.8, 4) is 0 Å². The van der Waals surface area contributed by atoms with Gasteiger partial charge in [-0.15, -0.1) is 0 Å². The molecule has 2 fully saturated rings. The molecule has 0 aromatic rings. The van der Waals surface area contributed by atoms with Crippen LogP contribution in [-0.2, 0) is 19.0 Å². The normalized spacial score (nSPS) is 27.2. The zero-order valence-corrected chi connectivity index (χ0v) is 10.6. The van der Waals surface area contributed by atoms with Gasteiger partial charge >= 0.3 is 5.97 Å².